The summed E-state index contributed by atoms with van der Waals surface area (Å²) in [7, 11) is 0. The van der Waals surface area contributed by atoms with Gasteiger partial charge < -0.3 is 5.11 Å². The number of nitroso groups, excluding NO2 is 1. The second-order valence-corrected chi connectivity index (χ2v) is 3.29. The fourth-order valence-corrected chi connectivity index (χ4v) is 1.14. The number of halogens is 1. The second kappa shape index (κ2) is 4.70. The normalized spacial score (nSPS) is 11.9. The van der Waals surface area contributed by atoms with Gasteiger partial charge in [0.2, 0.25) is 0 Å². The summed E-state index contributed by atoms with van der Waals surface area (Å²) >= 11 is 5.64. The molecule has 0 fully saturated rings. The van der Waals surface area contributed by atoms with Gasteiger partial charge in [0.15, 0.2) is 17.2 Å². The average molecular weight is 226 g/mol. The van der Waals surface area contributed by atoms with Crippen LogP contribution in [0.1, 0.15) is 12.5 Å². The van der Waals surface area contributed by atoms with E-state index < -0.39 is 17.2 Å². The molecule has 1 rings (SSSR count). The smallest absolute Gasteiger partial charge is 0.192 e. The number of allylic oxidation sites excluding steroid dienone is 1. The molecule has 0 saturated carbocycles. The Kier molecular flexibility index (Phi) is 3.57. The van der Waals surface area contributed by atoms with Crippen LogP contribution in [0, 0.1) is 4.91 Å². The van der Waals surface area contributed by atoms with Gasteiger partial charge in [-0.25, -0.2) is 0 Å². The number of carbonyl (C=O) groups excluding carboxylic acids is 1. The van der Waals surface area contributed by atoms with E-state index in [0.29, 0.717) is 10.6 Å². The third-order valence-electron chi connectivity index (χ3n) is 1.77. The Hall–Kier alpha value is -1.68. The first kappa shape index (κ1) is 11.4. The molecule has 0 atom stereocenters. The van der Waals surface area contributed by atoms with Crippen LogP contribution in [0.5, 0.6) is 0 Å². The van der Waals surface area contributed by atoms with Crippen molar-refractivity contribution in [2.24, 2.45) is 5.18 Å². The maximum Gasteiger partial charge on any atom is 0.192 e. The highest BCUT2D eigenvalue weighted by atomic mass is 35.5. The van der Waals surface area contributed by atoms with Crippen LogP contribution in [0.4, 0.5) is 0 Å². The molecule has 4 nitrogen and oxygen atoms in total. The monoisotopic (exact) mass is 225 g/mol. The fraction of sp³-hybridized carbons (Fsp3) is 0.100. The molecule has 0 saturated heterocycles. The summed E-state index contributed by atoms with van der Waals surface area (Å²) in [6.45, 7) is 1.16. The first-order valence-corrected chi connectivity index (χ1v) is 4.47. The first-order chi connectivity index (χ1) is 7.06. The molecule has 0 heterocycles. The Morgan fingerprint density at radius 2 is 1.87 bits per heavy atom. The van der Waals surface area contributed by atoms with Gasteiger partial charge in [-0.15, -0.1) is 4.91 Å². The van der Waals surface area contributed by atoms with Crippen molar-refractivity contribution in [1.29, 1.82) is 0 Å². The van der Waals surface area contributed by atoms with E-state index >= 15 is 0 Å². The molecule has 0 bridgehead atoms. The van der Waals surface area contributed by atoms with E-state index in [2.05, 4.69) is 5.18 Å². The number of aliphatic hydroxyl groups is 1. The molecule has 15 heavy (non-hydrogen) atoms. The van der Waals surface area contributed by atoms with E-state index in [1.54, 1.807) is 0 Å². The predicted octanol–water partition coefficient (Wildman–Crippen LogP) is 2.92. The maximum atomic E-state index is 10.9. The standard InChI is InChI=1S/C10H8ClNO3/c1-6(13)9(12-15)10(14)7-2-4-8(11)5-3-7/h2-5,14H,1H3. The van der Waals surface area contributed by atoms with Crippen LogP contribution in [0.15, 0.2) is 35.1 Å². The molecular weight excluding hydrogens is 218 g/mol. The quantitative estimate of drug-likeness (QED) is 0.489. The Bertz CT molecular complexity index is 423. The largest absolute Gasteiger partial charge is 0.505 e. The average Bonchev–Trinajstić information content (AvgIpc) is 2.19. The lowest BCUT2D eigenvalue weighted by Crippen LogP contribution is -1.98. The summed E-state index contributed by atoms with van der Waals surface area (Å²) in [6.07, 6.45) is 0. The van der Waals surface area contributed by atoms with Gasteiger partial charge in [0, 0.05) is 17.5 Å². The molecule has 5 heteroatoms. The molecule has 0 unspecified atom stereocenters. The molecule has 1 aromatic carbocycles. The summed E-state index contributed by atoms with van der Waals surface area (Å²) in [4.78, 5) is 21.2. The number of hydrogen-bond donors (Lipinski definition) is 1. The molecule has 0 radical (unpaired) electrons. The second-order valence-electron chi connectivity index (χ2n) is 2.85. The van der Waals surface area contributed by atoms with Gasteiger partial charge in [-0.2, -0.15) is 0 Å². The van der Waals surface area contributed by atoms with Crippen LogP contribution in [-0.2, 0) is 4.79 Å². The zero-order valence-electron chi connectivity index (χ0n) is 7.90. The summed E-state index contributed by atoms with van der Waals surface area (Å²) in [5, 5.41) is 12.5. The van der Waals surface area contributed by atoms with Crippen LogP contribution >= 0.6 is 11.6 Å². The molecule has 0 aromatic heterocycles. The van der Waals surface area contributed by atoms with Crippen LogP contribution < -0.4 is 0 Å². The van der Waals surface area contributed by atoms with Crippen molar-refractivity contribution < 1.29 is 9.90 Å². The number of hydrogen-bond acceptors (Lipinski definition) is 4. The highest BCUT2D eigenvalue weighted by Gasteiger charge is 2.13. The Labute approximate surface area is 91.2 Å². The molecule has 0 amide bonds. The van der Waals surface area contributed by atoms with Gasteiger partial charge in [-0.3, -0.25) is 4.79 Å². The molecule has 78 valence electrons. The van der Waals surface area contributed by atoms with E-state index in [1.165, 1.54) is 24.3 Å². The van der Waals surface area contributed by atoms with Crippen molar-refractivity contribution in [3.63, 3.8) is 0 Å². The number of ketones is 1. The number of rotatable bonds is 3. The summed E-state index contributed by atoms with van der Waals surface area (Å²) in [5.41, 5.74) is -0.165. The van der Waals surface area contributed by atoms with Gasteiger partial charge in [0.25, 0.3) is 0 Å². The van der Waals surface area contributed by atoms with Crippen molar-refractivity contribution in [3.05, 3.63) is 45.5 Å². The van der Waals surface area contributed by atoms with Crippen molar-refractivity contribution in [2.45, 2.75) is 6.92 Å². The number of nitrogens with zero attached hydrogens (tertiary/aromatic N) is 1. The first-order valence-electron chi connectivity index (χ1n) is 4.09. The lowest BCUT2D eigenvalue weighted by Gasteiger charge is -2.01. The lowest BCUT2D eigenvalue weighted by atomic mass is 10.1. The minimum Gasteiger partial charge on any atom is -0.505 e. The number of aliphatic hydroxyl groups excluding tert-OH is 1. The van der Waals surface area contributed by atoms with Crippen LogP contribution in [0.2, 0.25) is 5.02 Å². The van der Waals surface area contributed by atoms with Crippen LogP contribution in [-0.4, -0.2) is 10.9 Å². The summed E-state index contributed by atoms with van der Waals surface area (Å²) in [6, 6.07) is 6.06. The van der Waals surface area contributed by atoms with Gasteiger partial charge in [0.1, 0.15) is 0 Å². The SMILES string of the molecule is CC(=O)C(N=O)=C(O)c1ccc(Cl)cc1. The molecule has 0 spiro atoms. The predicted molar refractivity (Wildman–Crippen MR) is 57.5 cm³/mol. The number of carbonyl (C=O) groups is 1. The van der Waals surface area contributed by atoms with Crippen molar-refractivity contribution in [1.82, 2.24) is 0 Å². The highest BCUT2D eigenvalue weighted by molar-refractivity contribution is 6.30. The van der Waals surface area contributed by atoms with Crippen LogP contribution in [0.3, 0.4) is 0 Å². The zero-order chi connectivity index (χ0) is 11.4. The molecule has 0 aliphatic rings. The van der Waals surface area contributed by atoms with Crippen molar-refractivity contribution in [2.75, 3.05) is 0 Å². The third-order valence-corrected chi connectivity index (χ3v) is 2.02. The van der Waals surface area contributed by atoms with E-state index in [0.717, 1.165) is 6.92 Å². The van der Waals surface area contributed by atoms with Crippen LogP contribution in [0.25, 0.3) is 5.76 Å². The van der Waals surface area contributed by atoms with Crippen molar-refractivity contribution >= 4 is 23.1 Å². The topological polar surface area (TPSA) is 66.7 Å². The van der Waals surface area contributed by atoms with Gasteiger partial charge in [-0.1, -0.05) is 11.6 Å². The zero-order valence-corrected chi connectivity index (χ0v) is 8.65. The Morgan fingerprint density at radius 3 is 2.27 bits per heavy atom. The van der Waals surface area contributed by atoms with E-state index in [-0.39, 0.29) is 0 Å². The molecule has 1 aromatic rings. The molecule has 0 aliphatic carbocycles. The van der Waals surface area contributed by atoms with Gasteiger partial charge in [-0.05, 0) is 29.4 Å². The maximum absolute atomic E-state index is 10.9. The summed E-state index contributed by atoms with van der Waals surface area (Å²) < 4.78 is 0. The Balaban J connectivity index is 3.22. The molecular formula is C10H8ClNO3. The molecule has 0 aliphatic heterocycles. The number of Topliss-reactive ketones (excluding diaryl/α,β-unsaturated/α-hetero) is 1. The summed E-state index contributed by atoms with van der Waals surface area (Å²) in [5.74, 6) is -1.02. The fourth-order valence-electron chi connectivity index (χ4n) is 1.02. The third kappa shape index (κ3) is 2.63. The lowest BCUT2D eigenvalue weighted by molar-refractivity contribution is -0.113. The van der Waals surface area contributed by atoms with E-state index in [1.807, 2.05) is 0 Å². The number of benzene rings is 1. The Morgan fingerprint density at radius 1 is 1.33 bits per heavy atom. The minimum atomic E-state index is -0.586. The molecule has 1 N–H and O–H groups in total. The van der Waals surface area contributed by atoms with Crippen molar-refractivity contribution in [3.8, 4) is 0 Å². The van der Waals surface area contributed by atoms with E-state index in [4.69, 9.17) is 11.6 Å². The minimum absolute atomic E-state index is 0.323. The van der Waals surface area contributed by atoms with E-state index in [9.17, 15) is 14.8 Å². The van der Waals surface area contributed by atoms with Gasteiger partial charge in [0.05, 0.1) is 0 Å². The van der Waals surface area contributed by atoms with Gasteiger partial charge >= 0.3 is 0 Å². The highest BCUT2D eigenvalue weighted by Crippen LogP contribution is 2.19.